The molecule has 1 heterocycles. The van der Waals surface area contributed by atoms with Gasteiger partial charge in [0.15, 0.2) is 0 Å². The van der Waals surface area contributed by atoms with E-state index in [0.29, 0.717) is 0 Å². The van der Waals surface area contributed by atoms with Crippen LogP contribution >= 0.6 is 0 Å². The van der Waals surface area contributed by atoms with Crippen molar-refractivity contribution in [1.29, 1.82) is 0 Å². The molecular weight excluding hydrogens is 260 g/mol. The second-order valence-electron chi connectivity index (χ2n) is 5.95. The minimum atomic E-state index is 0.184. The van der Waals surface area contributed by atoms with Gasteiger partial charge in [0.25, 0.3) is 5.91 Å². The van der Waals surface area contributed by atoms with Crippen LogP contribution in [0.25, 0.3) is 0 Å². The average molecular weight is 288 g/mol. The fraction of sp³-hybridized carbons (Fsp3) is 0.611. The third-order valence-electron chi connectivity index (χ3n) is 4.36. The third-order valence-corrected chi connectivity index (χ3v) is 4.36. The first-order valence-corrected chi connectivity index (χ1v) is 8.38. The molecule has 1 aromatic rings. The topological polar surface area (TPSA) is 32.3 Å². The van der Waals surface area contributed by atoms with E-state index < -0.39 is 0 Å². The summed E-state index contributed by atoms with van der Waals surface area (Å²) in [6, 6.07) is 7.86. The van der Waals surface area contributed by atoms with E-state index in [1.807, 2.05) is 29.2 Å². The van der Waals surface area contributed by atoms with Crippen LogP contribution in [0.15, 0.2) is 24.3 Å². The first kappa shape index (κ1) is 15.9. The molecule has 3 heteroatoms. The molecular formula is C18H28N2O. The minimum absolute atomic E-state index is 0.184. The van der Waals surface area contributed by atoms with Crippen molar-refractivity contribution in [3.63, 3.8) is 0 Å². The van der Waals surface area contributed by atoms with Gasteiger partial charge in [0, 0.05) is 25.3 Å². The zero-order chi connectivity index (χ0) is 15.1. The van der Waals surface area contributed by atoms with Crippen LogP contribution in [0.3, 0.4) is 0 Å². The van der Waals surface area contributed by atoms with Crippen molar-refractivity contribution in [3.8, 4) is 0 Å². The molecule has 0 saturated carbocycles. The maximum Gasteiger partial charge on any atom is 0.255 e. The van der Waals surface area contributed by atoms with E-state index in [9.17, 15) is 4.79 Å². The van der Waals surface area contributed by atoms with E-state index in [4.69, 9.17) is 0 Å². The Kier molecular flexibility index (Phi) is 6.09. The van der Waals surface area contributed by atoms with Gasteiger partial charge in [0.2, 0.25) is 0 Å². The zero-order valence-electron chi connectivity index (χ0n) is 13.4. The largest absolute Gasteiger partial charge is 0.385 e. The van der Waals surface area contributed by atoms with Crippen molar-refractivity contribution in [2.45, 2.75) is 46.0 Å². The van der Waals surface area contributed by atoms with Crippen molar-refractivity contribution in [2.75, 3.05) is 25.0 Å². The summed E-state index contributed by atoms with van der Waals surface area (Å²) in [6.07, 6.45) is 6.12. The Morgan fingerprint density at radius 1 is 1.24 bits per heavy atom. The predicted molar refractivity (Wildman–Crippen MR) is 88.8 cm³/mol. The summed E-state index contributed by atoms with van der Waals surface area (Å²) in [5.41, 5.74) is 1.77. The molecule has 1 atom stereocenters. The summed E-state index contributed by atoms with van der Waals surface area (Å²) in [6.45, 7) is 6.95. The number of hydrogen-bond donors (Lipinski definition) is 1. The van der Waals surface area contributed by atoms with Crippen LogP contribution in [0.1, 0.15) is 56.3 Å². The lowest BCUT2D eigenvalue weighted by atomic mass is 9.96. The molecule has 0 spiro atoms. The predicted octanol–water partition coefficient (Wildman–Crippen LogP) is 4.16. The van der Waals surface area contributed by atoms with E-state index in [1.54, 1.807) is 0 Å². The van der Waals surface area contributed by atoms with Crippen LogP contribution in [0.5, 0.6) is 0 Å². The molecule has 1 fully saturated rings. The Morgan fingerprint density at radius 3 is 2.81 bits per heavy atom. The van der Waals surface area contributed by atoms with Crippen LogP contribution in [-0.4, -0.2) is 30.4 Å². The van der Waals surface area contributed by atoms with Crippen molar-refractivity contribution < 1.29 is 4.79 Å². The molecule has 0 aromatic heterocycles. The van der Waals surface area contributed by atoms with Gasteiger partial charge in [-0.05, 0) is 44.2 Å². The van der Waals surface area contributed by atoms with E-state index in [2.05, 4.69) is 19.2 Å². The summed E-state index contributed by atoms with van der Waals surface area (Å²) in [4.78, 5) is 14.8. The van der Waals surface area contributed by atoms with Crippen LogP contribution in [-0.2, 0) is 0 Å². The maximum absolute atomic E-state index is 12.8. The van der Waals surface area contributed by atoms with E-state index >= 15 is 0 Å². The van der Waals surface area contributed by atoms with Gasteiger partial charge in [-0.3, -0.25) is 4.79 Å². The molecule has 0 aliphatic carbocycles. The van der Waals surface area contributed by atoms with Gasteiger partial charge in [0.05, 0.1) is 5.56 Å². The Balaban J connectivity index is 2.06. The number of nitrogens with zero attached hydrogens (tertiary/aromatic N) is 1. The van der Waals surface area contributed by atoms with Gasteiger partial charge in [-0.2, -0.15) is 0 Å². The first-order valence-electron chi connectivity index (χ1n) is 8.38. The number of benzene rings is 1. The summed E-state index contributed by atoms with van der Waals surface area (Å²) in [5.74, 6) is 0.987. The minimum Gasteiger partial charge on any atom is -0.385 e. The van der Waals surface area contributed by atoms with Gasteiger partial charge in [-0.1, -0.05) is 31.9 Å². The molecule has 0 bridgehead atoms. The standard InChI is InChI=1S/C18H28N2O/c1-3-8-15-9-7-13-20(14-12-15)18(21)16-10-5-6-11-17(16)19-4-2/h5-6,10-11,15,19H,3-4,7-9,12-14H2,1-2H3. The molecule has 1 N–H and O–H groups in total. The number of hydrogen-bond acceptors (Lipinski definition) is 2. The van der Waals surface area contributed by atoms with E-state index in [-0.39, 0.29) is 5.91 Å². The van der Waals surface area contributed by atoms with Crippen LogP contribution in [0, 0.1) is 5.92 Å². The van der Waals surface area contributed by atoms with Gasteiger partial charge in [-0.25, -0.2) is 0 Å². The SMILES string of the molecule is CCCC1CCCN(C(=O)c2ccccc2NCC)CC1. The van der Waals surface area contributed by atoms with Crippen LogP contribution < -0.4 is 5.32 Å². The highest BCUT2D eigenvalue weighted by Gasteiger charge is 2.22. The molecule has 1 aliphatic rings. The summed E-state index contributed by atoms with van der Waals surface area (Å²) < 4.78 is 0. The van der Waals surface area contributed by atoms with Gasteiger partial charge in [-0.15, -0.1) is 0 Å². The molecule has 2 rings (SSSR count). The molecule has 3 nitrogen and oxygen atoms in total. The van der Waals surface area contributed by atoms with E-state index in [0.717, 1.165) is 49.6 Å². The van der Waals surface area contributed by atoms with Crippen LogP contribution in [0.4, 0.5) is 5.69 Å². The number of carbonyl (C=O) groups is 1. The monoisotopic (exact) mass is 288 g/mol. The van der Waals surface area contributed by atoms with E-state index in [1.165, 1.54) is 19.3 Å². The Morgan fingerprint density at radius 2 is 2.05 bits per heavy atom. The number of likely N-dealkylation sites (tertiary alicyclic amines) is 1. The summed E-state index contributed by atoms with van der Waals surface area (Å²) in [5, 5.41) is 3.29. The second-order valence-corrected chi connectivity index (χ2v) is 5.95. The van der Waals surface area contributed by atoms with Gasteiger partial charge >= 0.3 is 0 Å². The molecule has 1 saturated heterocycles. The van der Waals surface area contributed by atoms with Gasteiger partial charge in [0.1, 0.15) is 0 Å². The first-order chi connectivity index (χ1) is 10.3. The van der Waals surface area contributed by atoms with Crippen molar-refractivity contribution in [1.82, 2.24) is 4.90 Å². The van der Waals surface area contributed by atoms with Crippen molar-refractivity contribution >= 4 is 11.6 Å². The Hall–Kier alpha value is -1.51. The average Bonchev–Trinajstić information content (AvgIpc) is 2.74. The number of nitrogens with one attached hydrogen (secondary N) is 1. The van der Waals surface area contributed by atoms with Crippen molar-refractivity contribution in [3.05, 3.63) is 29.8 Å². The molecule has 21 heavy (non-hydrogen) atoms. The fourth-order valence-corrected chi connectivity index (χ4v) is 3.25. The summed E-state index contributed by atoms with van der Waals surface area (Å²) in [7, 11) is 0. The normalized spacial score (nSPS) is 19.1. The Labute approximate surface area is 128 Å². The number of amides is 1. The lowest BCUT2D eigenvalue weighted by Gasteiger charge is -2.22. The molecule has 1 amide bonds. The fourth-order valence-electron chi connectivity index (χ4n) is 3.25. The second kappa shape index (κ2) is 8.06. The molecule has 1 unspecified atom stereocenters. The highest BCUT2D eigenvalue weighted by atomic mass is 16.2. The van der Waals surface area contributed by atoms with Gasteiger partial charge < -0.3 is 10.2 Å². The lowest BCUT2D eigenvalue weighted by Crippen LogP contribution is -2.32. The summed E-state index contributed by atoms with van der Waals surface area (Å²) >= 11 is 0. The van der Waals surface area contributed by atoms with Crippen molar-refractivity contribution in [2.24, 2.45) is 5.92 Å². The number of rotatable bonds is 5. The van der Waals surface area contributed by atoms with Crippen LogP contribution in [0.2, 0.25) is 0 Å². The zero-order valence-corrected chi connectivity index (χ0v) is 13.4. The number of anilines is 1. The molecule has 116 valence electrons. The highest BCUT2D eigenvalue weighted by Crippen LogP contribution is 2.24. The number of carbonyl (C=O) groups excluding carboxylic acids is 1. The third kappa shape index (κ3) is 4.23. The molecule has 1 aromatic carbocycles. The molecule has 0 radical (unpaired) electrons. The smallest absolute Gasteiger partial charge is 0.255 e. The number of para-hydroxylation sites is 1. The maximum atomic E-state index is 12.8. The highest BCUT2D eigenvalue weighted by molar-refractivity contribution is 5.99. The quantitative estimate of drug-likeness (QED) is 0.882. The molecule has 1 aliphatic heterocycles. The lowest BCUT2D eigenvalue weighted by molar-refractivity contribution is 0.0761. The Bertz CT molecular complexity index is 458.